The highest BCUT2D eigenvalue weighted by Gasteiger charge is 2.40. The molecule has 0 bridgehead atoms. The highest BCUT2D eigenvalue weighted by Crippen LogP contribution is 2.48. The van der Waals surface area contributed by atoms with E-state index in [4.69, 9.17) is 5.11 Å². The molecule has 0 amide bonds. The van der Waals surface area contributed by atoms with E-state index in [2.05, 4.69) is 17.2 Å². The number of anilines is 1. The lowest BCUT2D eigenvalue weighted by molar-refractivity contribution is 0.0697. The van der Waals surface area contributed by atoms with Crippen molar-refractivity contribution < 1.29 is 9.90 Å². The third-order valence-electron chi connectivity index (χ3n) is 3.63. The molecule has 1 heterocycles. The number of carboxylic acids is 1. The molecule has 1 fully saturated rings. The summed E-state index contributed by atoms with van der Waals surface area (Å²) >= 11 is 0. The van der Waals surface area contributed by atoms with Gasteiger partial charge in [-0.25, -0.2) is 4.79 Å². The first-order valence-electron chi connectivity index (χ1n) is 6.00. The van der Waals surface area contributed by atoms with Crippen molar-refractivity contribution >= 4 is 11.7 Å². The minimum Gasteiger partial charge on any atom is -0.478 e. The van der Waals surface area contributed by atoms with Gasteiger partial charge in [0.05, 0.1) is 5.69 Å². The smallest absolute Gasteiger partial charge is 0.339 e. The molecule has 92 valence electrons. The van der Waals surface area contributed by atoms with E-state index in [1.165, 1.54) is 19.0 Å². The van der Waals surface area contributed by atoms with E-state index in [1.54, 1.807) is 6.07 Å². The van der Waals surface area contributed by atoms with Crippen molar-refractivity contribution in [1.82, 2.24) is 4.98 Å². The number of pyridine rings is 1. The van der Waals surface area contributed by atoms with Gasteiger partial charge < -0.3 is 10.4 Å². The quantitative estimate of drug-likeness (QED) is 0.822. The molecule has 2 N–H and O–H groups in total. The van der Waals surface area contributed by atoms with Gasteiger partial charge in [-0.05, 0) is 37.7 Å². The summed E-state index contributed by atoms with van der Waals surface area (Å²) in [5.41, 5.74) is 2.17. The molecule has 1 aliphatic rings. The van der Waals surface area contributed by atoms with Crippen LogP contribution in [0.5, 0.6) is 0 Å². The Labute approximate surface area is 101 Å². The third kappa shape index (κ3) is 2.57. The molecule has 2 rings (SSSR count). The van der Waals surface area contributed by atoms with E-state index in [1.807, 2.05) is 6.92 Å². The maximum absolute atomic E-state index is 11.1. The summed E-state index contributed by atoms with van der Waals surface area (Å²) in [5.74, 6) is -0.929. The summed E-state index contributed by atoms with van der Waals surface area (Å²) in [6, 6.07) is 1.80. The maximum atomic E-state index is 11.1. The molecule has 1 saturated carbocycles. The molecule has 1 aliphatic carbocycles. The van der Waals surface area contributed by atoms with Crippen LogP contribution in [0.4, 0.5) is 5.69 Å². The predicted octanol–water partition coefficient (Wildman–Crippen LogP) is 2.69. The standard InChI is InChI=1S/C13H18N2O2/c1-3-13(4-5-13)8-15-11-6-9(2)14-7-10(11)12(16)17/h6-7H,3-5,8H2,1-2H3,(H,14,15)(H,16,17). The molecule has 0 aromatic carbocycles. The fourth-order valence-corrected chi connectivity index (χ4v) is 1.99. The second-order valence-electron chi connectivity index (χ2n) is 4.88. The Kier molecular flexibility index (Phi) is 3.05. The van der Waals surface area contributed by atoms with E-state index in [0.29, 0.717) is 11.1 Å². The van der Waals surface area contributed by atoms with Gasteiger partial charge in [-0.2, -0.15) is 0 Å². The predicted molar refractivity (Wildman–Crippen MR) is 66.4 cm³/mol. The SMILES string of the molecule is CCC1(CNc2cc(C)ncc2C(=O)O)CC1. The van der Waals surface area contributed by atoms with Gasteiger partial charge in [-0.3, -0.25) is 4.98 Å². The van der Waals surface area contributed by atoms with Crippen LogP contribution >= 0.6 is 0 Å². The van der Waals surface area contributed by atoms with Gasteiger partial charge in [0.2, 0.25) is 0 Å². The topological polar surface area (TPSA) is 62.2 Å². The number of nitrogens with one attached hydrogen (secondary N) is 1. The van der Waals surface area contributed by atoms with E-state index in [9.17, 15) is 4.79 Å². The molecule has 0 saturated heterocycles. The first-order chi connectivity index (χ1) is 8.06. The number of nitrogens with zero attached hydrogens (tertiary/aromatic N) is 1. The number of rotatable bonds is 5. The number of aromatic nitrogens is 1. The first kappa shape index (κ1) is 11.9. The molecular formula is C13H18N2O2. The highest BCUT2D eigenvalue weighted by atomic mass is 16.4. The molecule has 0 aliphatic heterocycles. The van der Waals surface area contributed by atoms with Crippen molar-refractivity contribution in [3.8, 4) is 0 Å². The first-order valence-corrected chi connectivity index (χ1v) is 6.00. The van der Waals surface area contributed by atoms with Crippen molar-refractivity contribution in [1.29, 1.82) is 0 Å². The van der Waals surface area contributed by atoms with Gasteiger partial charge in [0.25, 0.3) is 0 Å². The van der Waals surface area contributed by atoms with Crippen LogP contribution in [0.2, 0.25) is 0 Å². The Morgan fingerprint density at radius 2 is 2.29 bits per heavy atom. The number of aryl methyl sites for hydroxylation is 1. The lowest BCUT2D eigenvalue weighted by Gasteiger charge is -2.16. The zero-order valence-corrected chi connectivity index (χ0v) is 10.3. The fraction of sp³-hybridized carbons (Fsp3) is 0.538. The molecule has 0 spiro atoms. The summed E-state index contributed by atoms with van der Waals surface area (Å²) in [5, 5.41) is 12.3. The second kappa shape index (κ2) is 4.35. The van der Waals surface area contributed by atoms with Crippen LogP contribution in [0.15, 0.2) is 12.3 Å². The van der Waals surface area contributed by atoms with Crippen molar-refractivity contribution in [2.75, 3.05) is 11.9 Å². The number of aromatic carboxylic acids is 1. The van der Waals surface area contributed by atoms with Crippen molar-refractivity contribution in [2.24, 2.45) is 5.41 Å². The monoisotopic (exact) mass is 234 g/mol. The van der Waals surface area contributed by atoms with Crippen LogP contribution in [-0.2, 0) is 0 Å². The van der Waals surface area contributed by atoms with E-state index < -0.39 is 5.97 Å². The van der Waals surface area contributed by atoms with Gasteiger partial charge in [-0.15, -0.1) is 0 Å². The number of carboxylic acid groups (broad SMARTS) is 1. The van der Waals surface area contributed by atoms with Crippen molar-refractivity contribution in [3.05, 3.63) is 23.5 Å². The lowest BCUT2D eigenvalue weighted by Crippen LogP contribution is -2.16. The molecule has 1 aromatic heterocycles. The Morgan fingerprint density at radius 1 is 1.59 bits per heavy atom. The summed E-state index contributed by atoms with van der Waals surface area (Å²) < 4.78 is 0. The summed E-state index contributed by atoms with van der Waals surface area (Å²) in [4.78, 5) is 15.1. The van der Waals surface area contributed by atoms with Crippen LogP contribution in [0.3, 0.4) is 0 Å². The van der Waals surface area contributed by atoms with Crippen LogP contribution in [0, 0.1) is 12.3 Å². The second-order valence-corrected chi connectivity index (χ2v) is 4.88. The number of hydrogen-bond acceptors (Lipinski definition) is 3. The number of hydrogen-bond donors (Lipinski definition) is 2. The molecule has 4 nitrogen and oxygen atoms in total. The summed E-state index contributed by atoms with van der Waals surface area (Å²) in [6.07, 6.45) is 5.05. The lowest BCUT2D eigenvalue weighted by atomic mass is 10.0. The Hall–Kier alpha value is -1.58. The van der Waals surface area contributed by atoms with Gasteiger partial charge in [0, 0.05) is 18.4 Å². The Morgan fingerprint density at radius 3 is 2.82 bits per heavy atom. The van der Waals surface area contributed by atoms with Crippen LogP contribution in [0.1, 0.15) is 42.2 Å². The third-order valence-corrected chi connectivity index (χ3v) is 3.63. The minimum atomic E-state index is -0.929. The fourth-order valence-electron chi connectivity index (χ4n) is 1.99. The zero-order chi connectivity index (χ0) is 12.5. The molecule has 4 heteroatoms. The van der Waals surface area contributed by atoms with Gasteiger partial charge in [0.15, 0.2) is 0 Å². The average molecular weight is 234 g/mol. The van der Waals surface area contributed by atoms with Crippen LogP contribution in [0.25, 0.3) is 0 Å². The van der Waals surface area contributed by atoms with Crippen molar-refractivity contribution in [2.45, 2.75) is 33.1 Å². The molecule has 1 aromatic rings. The minimum absolute atomic E-state index is 0.252. The van der Waals surface area contributed by atoms with E-state index >= 15 is 0 Å². The summed E-state index contributed by atoms with van der Waals surface area (Å²) in [6.45, 7) is 4.90. The Balaban J connectivity index is 2.13. The van der Waals surface area contributed by atoms with Gasteiger partial charge in [0.1, 0.15) is 5.56 Å². The van der Waals surface area contributed by atoms with Gasteiger partial charge >= 0.3 is 5.97 Å². The van der Waals surface area contributed by atoms with Crippen LogP contribution in [-0.4, -0.2) is 22.6 Å². The maximum Gasteiger partial charge on any atom is 0.339 e. The molecule has 0 atom stereocenters. The highest BCUT2D eigenvalue weighted by molar-refractivity contribution is 5.93. The average Bonchev–Trinajstić information content (AvgIpc) is 3.07. The van der Waals surface area contributed by atoms with Crippen LogP contribution < -0.4 is 5.32 Å². The van der Waals surface area contributed by atoms with Gasteiger partial charge in [-0.1, -0.05) is 6.92 Å². The van der Waals surface area contributed by atoms with E-state index in [0.717, 1.165) is 18.7 Å². The Bertz CT molecular complexity index is 439. The summed E-state index contributed by atoms with van der Waals surface area (Å²) in [7, 11) is 0. The molecular weight excluding hydrogens is 216 g/mol. The molecule has 0 radical (unpaired) electrons. The van der Waals surface area contributed by atoms with Crippen molar-refractivity contribution in [3.63, 3.8) is 0 Å². The number of carbonyl (C=O) groups is 1. The molecule has 0 unspecified atom stereocenters. The normalized spacial score (nSPS) is 16.6. The van der Waals surface area contributed by atoms with E-state index in [-0.39, 0.29) is 5.56 Å². The largest absolute Gasteiger partial charge is 0.478 e. The molecule has 17 heavy (non-hydrogen) atoms. The zero-order valence-electron chi connectivity index (χ0n) is 10.3.